The Bertz CT molecular complexity index is 291. The average Bonchev–Trinajstić information content (AvgIpc) is 1.96. The van der Waals surface area contributed by atoms with E-state index in [9.17, 15) is 4.79 Å². The smallest absolute Gasteiger partial charge is 0.264 e. The number of rotatable bonds is 2. The summed E-state index contributed by atoms with van der Waals surface area (Å²) in [5, 5.41) is 13.8. The molecule has 1 aliphatic rings. The summed E-state index contributed by atoms with van der Waals surface area (Å²) in [5.41, 5.74) is 0.125. The van der Waals surface area contributed by atoms with Gasteiger partial charge in [-0.25, -0.2) is 0 Å². The molecule has 0 aliphatic carbocycles. The zero-order valence-electron chi connectivity index (χ0n) is 10.9. The van der Waals surface area contributed by atoms with Crippen LogP contribution in [0.2, 0.25) is 0 Å². The predicted molar refractivity (Wildman–Crippen MR) is 65.9 cm³/mol. The molecule has 0 aromatic rings. The third-order valence-corrected chi connectivity index (χ3v) is 2.87. The molecule has 1 saturated heterocycles. The number of piperidine rings is 1. The first-order valence-electron chi connectivity index (χ1n) is 5.77. The monoisotopic (exact) mass is 225 g/mol. The van der Waals surface area contributed by atoms with Gasteiger partial charge in [-0.15, -0.1) is 0 Å². The molecule has 1 rings (SSSR count). The molecular formula is C12H23N3O. The van der Waals surface area contributed by atoms with Crippen LogP contribution in [0.3, 0.4) is 0 Å². The van der Waals surface area contributed by atoms with Crippen molar-refractivity contribution < 1.29 is 4.79 Å². The van der Waals surface area contributed by atoms with Crippen LogP contribution >= 0.6 is 0 Å². The highest BCUT2D eigenvalue weighted by atomic mass is 16.1. The van der Waals surface area contributed by atoms with E-state index in [-0.39, 0.29) is 28.7 Å². The average molecular weight is 225 g/mol. The van der Waals surface area contributed by atoms with Gasteiger partial charge >= 0.3 is 0 Å². The summed E-state index contributed by atoms with van der Waals surface area (Å²) >= 11 is 0. The number of hydrogen-bond donors (Lipinski definition) is 3. The van der Waals surface area contributed by atoms with Crippen molar-refractivity contribution in [2.75, 3.05) is 0 Å². The van der Waals surface area contributed by atoms with Crippen LogP contribution in [0.15, 0.2) is 0 Å². The molecule has 4 heteroatoms. The fourth-order valence-electron chi connectivity index (χ4n) is 2.72. The Morgan fingerprint density at radius 1 is 1.25 bits per heavy atom. The molecule has 0 bridgehead atoms. The van der Waals surface area contributed by atoms with Crippen LogP contribution < -0.4 is 10.6 Å². The lowest BCUT2D eigenvalue weighted by molar-refractivity contribution is -0.116. The molecule has 0 radical (unpaired) electrons. The normalized spacial score (nSPS) is 23.8. The molecule has 92 valence electrons. The summed E-state index contributed by atoms with van der Waals surface area (Å²) in [4.78, 5) is 11.5. The molecule has 0 spiro atoms. The maximum absolute atomic E-state index is 11.5. The van der Waals surface area contributed by atoms with Crippen molar-refractivity contribution in [2.24, 2.45) is 0 Å². The standard InChI is InChI=1S/C12H23N3O/c1-8(13)10(16)14-9-6-11(2,3)15-12(4,5)7-9/h9,13,15H,6-7H2,1-5H3,(H,14,16). The Morgan fingerprint density at radius 2 is 1.69 bits per heavy atom. The Morgan fingerprint density at radius 3 is 2.06 bits per heavy atom. The van der Waals surface area contributed by atoms with Crippen molar-refractivity contribution in [3.63, 3.8) is 0 Å². The predicted octanol–water partition coefficient (Wildman–Crippen LogP) is 1.45. The van der Waals surface area contributed by atoms with E-state index in [4.69, 9.17) is 5.41 Å². The van der Waals surface area contributed by atoms with E-state index in [1.807, 2.05) is 0 Å². The van der Waals surface area contributed by atoms with Gasteiger partial charge in [0.2, 0.25) is 0 Å². The van der Waals surface area contributed by atoms with Gasteiger partial charge in [-0.2, -0.15) is 0 Å². The minimum Gasteiger partial charge on any atom is -0.348 e. The Labute approximate surface area is 97.7 Å². The topological polar surface area (TPSA) is 65.0 Å². The van der Waals surface area contributed by atoms with Crippen molar-refractivity contribution in [2.45, 2.75) is 64.6 Å². The number of carbonyl (C=O) groups is 1. The summed E-state index contributed by atoms with van der Waals surface area (Å²) < 4.78 is 0. The summed E-state index contributed by atoms with van der Waals surface area (Å²) in [6, 6.07) is 0.152. The molecule has 16 heavy (non-hydrogen) atoms. The van der Waals surface area contributed by atoms with E-state index in [0.717, 1.165) is 12.8 Å². The summed E-state index contributed by atoms with van der Waals surface area (Å²) in [6.45, 7) is 10.1. The highest BCUT2D eigenvalue weighted by Crippen LogP contribution is 2.28. The Balaban J connectivity index is 2.68. The SMILES string of the molecule is CC(=N)C(=O)NC1CC(C)(C)NC(C)(C)C1. The maximum atomic E-state index is 11.5. The van der Waals surface area contributed by atoms with E-state index in [0.29, 0.717) is 0 Å². The Hall–Kier alpha value is -0.900. The van der Waals surface area contributed by atoms with Crippen LogP contribution in [0.1, 0.15) is 47.5 Å². The molecule has 0 atom stereocenters. The van der Waals surface area contributed by atoms with Crippen molar-refractivity contribution in [1.82, 2.24) is 10.6 Å². The molecule has 0 saturated carbocycles. The third-order valence-electron chi connectivity index (χ3n) is 2.87. The minimum absolute atomic E-state index is 0.0234. The largest absolute Gasteiger partial charge is 0.348 e. The van der Waals surface area contributed by atoms with E-state index >= 15 is 0 Å². The minimum atomic E-state index is -0.251. The molecule has 0 aromatic heterocycles. The van der Waals surface area contributed by atoms with Crippen LogP contribution in [0.5, 0.6) is 0 Å². The van der Waals surface area contributed by atoms with Crippen molar-refractivity contribution >= 4 is 11.6 Å². The number of amides is 1. The zero-order valence-corrected chi connectivity index (χ0v) is 10.9. The second kappa shape index (κ2) is 4.17. The molecule has 4 nitrogen and oxygen atoms in total. The maximum Gasteiger partial charge on any atom is 0.264 e. The summed E-state index contributed by atoms with van der Waals surface area (Å²) in [6.07, 6.45) is 1.80. The van der Waals surface area contributed by atoms with Crippen LogP contribution in [0, 0.1) is 5.41 Å². The lowest BCUT2D eigenvalue weighted by Gasteiger charge is -2.46. The first kappa shape index (κ1) is 13.2. The van der Waals surface area contributed by atoms with Gasteiger partial charge in [0.25, 0.3) is 5.91 Å². The van der Waals surface area contributed by atoms with Gasteiger partial charge in [-0.1, -0.05) is 0 Å². The van der Waals surface area contributed by atoms with E-state index < -0.39 is 0 Å². The van der Waals surface area contributed by atoms with Crippen molar-refractivity contribution in [3.05, 3.63) is 0 Å². The summed E-state index contributed by atoms with van der Waals surface area (Å²) in [7, 11) is 0. The van der Waals surface area contributed by atoms with Gasteiger partial charge in [0, 0.05) is 17.1 Å². The van der Waals surface area contributed by atoms with Crippen LogP contribution in [0.4, 0.5) is 0 Å². The molecular weight excluding hydrogens is 202 g/mol. The fraction of sp³-hybridized carbons (Fsp3) is 0.833. The van der Waals surface area contributed by atoms with Gasteiger partial charge in [-0.05, 0) is 47.5 Å². The second-order valence-electron chi connectivity index (χ2n) is 6.10. The summed E-state index contributed by atoms with van der Waals surface area (Å²) in [5.74, 6) is -0.251. The highest BCUT2D eigenvalue weighted by molar-refractivity contribution is 6.36. The quantitative estimate of drug-likeness (QED) is 0.623. The zero-order chi connectivity index (χ0) is 12.6. The van der Waals surface area contributed by atoms with Gasteiger partial charge in [0.15, 0.2) is 0 Å². The van der Waals surface area contributed by atoms with Crippen molar-refractivity contribution in [3.8, 4) is 0 Å². The third kappa shape index (κ3) is 3.59. The van der Waals surface area contributed by atoms with Crippen LogP contribution in [0.25, 0.3) is 0 Å². The van der Waals surface area contributed by atoms with Gasteiger partial charge in [-0.3, -0.25) is 10.2 Å². The highest BCUT2D eigenvalue weighted by Gasteiger charge is 2.38. The van der Waals surface area contributed by atoms with Crippen molar-refractivity contribution in [1.29, 1.82) is 5.41 Å². The first-order chi connectivity index (χ1) is 7.11. The van der Waals surface area contributed by atoms with Crippen LogP contribution in [-0.4, -0.2) is 28.7 Å². The van der Waals surface area contributed by atoms with E-state index in [1.54, 1.807) is 0 Å². The molecule has 1 fully saturated rings. The molecule has 0 unspecified atom stereocenters. The first-order valence-corrected chi connectivity index (χ1v) is 5.77. The van der Waals surface area contributed by atoms with Gasteiger partial charge in [0.05, 0.1) is 5.71 Å². The van der Waals surface area contributed by atoms with Gasteiger partial charge in [0.1, 0.15) is 0 Å². The second-order valence-corrected chi connectivity index (χ2v) is 6.10. The van der Waals surface area contributed by atoms with Crippen LogP contribution in [-0.2, 0) is 4.79 Å². The van der Waals surface area contributed by atoms with E-state index in [1.165, 1.54) is 6.92 Å². The van der Waals surface area contributed by atoms with Gasteiger partial charge < -0.3 is 10.6 Å². The molecule has 1 amide bonds. The molecule has 0 aromatic carbocycles. The molecule has 1 heterocycles. The number of nitrogens with one attached hydrogen (secondary N) is 3. The molecule has 3 N–H and O–H groups in total. The van der Waals surface area contributed by atoms with E-state index in [2.05, 4.69) is 38.3 Å². The lowest BCUT2D eigenvalue weighted by Crippen LogP contribution is -2.62. The number of hydrogen-bond acceptors (Lipinski definition) is 3. The molecule has 1 aliphatic heterocycles. The number of carbonyl (C=O) groups excluding carboxylic acids is 1. The fourth-order valence-corrected chi connectivity index (χ4v) is 2.72. The lowest BCUT2D eigenvalue weighted by atomic mass is 9.79. The Kier molecular flexibility index (Phi) is 3.43.